The van der Waals surface area contributed by atoms with Crippen molar-refractivity contribution in [2.45, 2.75) is 13.3 Å². The number of nitrogens with zero attached hydrogens (tertiary/aromatic N) is 3. The molecule has 0 saturated carbocycles. The van der Waals surface area contributed by atoms with Crippen LogP contribution in [0.3, 0.4) is 0 Å². The van der Waals surface area contributed by atoms with Crippen LogP contribution in [0.2, 0.25) is 0 Å². The van der Waals surface area contributed by atoms with Gasteiger partial charge in [0.15, 0.2) is 5.65 Å². The summed E-state index contributed by atoms with van der Waals surface area (Å²) in [5.74, 6) is -0.308. The zero-order valence-corrected chi connectivity index (χ0v) is 16.4. The molecule has 0 aliphatic heterocycles. The second kappa shape index (κ2) is 8.32. The zero-order chi connectivity index (χ0) is 20.1. The van der Waals surface area contributed by atoms with Gasteiger partial charge in [-0.15, -0.1) is 0 Å². The number of rotatable bonds is 7. The van der Waals surface area contributed by atoms with E-state index in [1.165, 1.54) is 6.08 Å². The summed E-state index contributed by atoms with van der Waals surface area (Å²) in [6.07, 6.45) is 3.05. The monoisotopic (exact) mass is 399 g/mol. The molecular formula is C19H21N5O3S. The normalized spacial score (nSPS) is 11.9. The van der Waals surface area contributed by atoms with Gasteiger partial charge in [0.25, 0.3) is 0 Å². The Balaban J connectivity index is 1.53. The van der Waals surface area contributed by atoms with Gasteiger partial charge in [0.1, 0.15) is 0 Å². The van der Waals surface area contributed by atoms with Gasteiger partial charge in [0.2, 0.25) is 15.9 Å². The average molecular weight is 399 g/mol. The van der Waals surface area contributed by atoms with Crippen molar-refractivity contribution in [1.29, 1.82) is 0 Å². The topological polar surface area (TPSA) is 106 Å². The SMILES string of the molecule is Cc1nn(C)c2ncc(NC(=O)CCNS(=O)(=O)/C=C/c3ccccc3)cc12. The molecule has 146 valence electrons. The van der Waals surface area contributed by atoms with E-state index in [0.717, 1.165) is 27.7 Å². The Bertz CT molecular complexity index is 1120. The van der Waals surface area contributed by atoms with Gasteiger partial charge in [-0.05, 0) is 24.6 Å². The van der Waals surface area contributed by atoms with Gasteiger partial charge in [0.05, 0.1) is 17.6 Å². The van der Waals surface area contributed by atoms with Gasteiger partial charge in [-0.1, -0.05) is 30.3 Å². The number of aryl methyl sites for hydroxylation is 2. The van der Waals surface area contributed by atoms with Crippen molar-refractivity contribution in [2.24, 2.45) is 7.05 Å². The largest absolute Gasteiger partial charge is 0.325 e. The van der Waals surface area contributed by atoms with Gasteiger partial charge in [-0.3, -0.25) is 9.48 Å². The number of hydrogen-bond acceptors (Lipinski definition) is 5. The standard InChI is InChI=1S/C19H21N5O3S/c1-14-17-12-16(13-20-19(17)24(2)23-14)22-18(25)8-10-21-28(26,27)11-9-15-6-4-3-5-7-15/h3-7,9,11-13,21H,8,10H2,1-2H3,(H,22,25)/b11-9+. The lowest BCUT2D eigenvalue weighted by molar-refractivity contribution is -0.116. The van der Waals surface area contributed by atoms with Crippen molar-refractivity contribution in [3.05, 3.63) is 59.3 Å². The first-order valence-electron chi connectivity index (χ1n) is 8.66. The number of carbonyl (C=O) groups excluding carboxylic acids is 1. The number of hydrogen-bond donors (Lipinski definition) is 2. The second-order valence-electron chi connectivity index (χ2n) is 6.26. The van der Waals surface area contributed by atoms with Crippen molar-refractivity contribution in [3.63, 3.8) is 0 Å². The molecule has 0 aliphatic rings. The lowest BCUT2D eigenvalue weighted by Gasteiger charge is -2.06. The lowest BCUT2D eigenvalue weighted by atomic mass is 10.2. The van der Waals surface area contributed by atoms with E-state index in [2.05, 4.69) is 20.1 Å². The highest BCUT2D eigenvalue weighted by Crippen LogP contribution is 2.19. The third-order valence-corrected chi connectivity index (χ3v) is 5.14. The molecule has 1 aromatic carbocycles. The summed E-state index contributed by atoms with van der Waals surface area (Å²) in [7, 11) is -1.81. The van der Waals surface area contributed by atoms with E-state index in [4.69, 9.17) is 0 Å². The molecule has 0 atom stereocenters. The maximum absolute atomic E-state index is 12.1. The Morgan fingerprint density at radius 1 is 1.25 bits per heavy atom. The fraction of sp³-hybridized carbons (Fsp3) is 0.211. The number of anilines is 1. The average Bonchev–Trinajstić information content (AvgIpc) is 2.94. The summed E-state index contributed by atoms with van der Waals surface area (Å²) < 4.78 is 28.0. The molecule has 3 aromatic rings. The lowest BCUT2D eigenvalue weighted by Crippen LogP contribution is -2.26. The number of sulfonamides is 1. The van der Waals surface area contributed by atoms with Crippen LogP contribution in [0.15, 0.2) is 48.0 Å². The summed E-state index contributed by atoms with van der Waals surface area (Å²) >= 11 is 0. The predicted molar refractivity (Wildman–Crippen MR) is 109 cm³/mol. The summed E-state index contributed by atoms with van der Waals surface area (Å²) in [6.45, 7) is 1.86. The summed E-state index contributed by atoms with van der Waals surface area (Å²) in [4.78, 5) is 16.4. The van der Waals surface area contributed by atoms with E-state index in [0.29, 0.717) is 5.69 Å². The molecule has 2 aromatic heterocycles. The first kappa shape index (κ1) is 19.7. The zero-order valence-electron chi connectivity index (χ0n) is 15.6. The molecular weight excluding hydrogens is 378 g/mol. The maximum Gasteiger partial charge on any atom is 0.233 e. The van der Waals surface area contributed by atoms with Crippen molar-refractivity contribution >= 4 is 38.7 Å². The molecule has 0 fully saturated rings. The summed E-state index contributed by atoms with van der Waals surface area (Å²) in [6, 6.07) is 10.9. The molecule has 28 heavy (non-hydrogen) atoms. The van der Waals surface area contributed by atoms with Crippen LogP contribution in [0.1, 0.15) is 17.7 Å². The van der Waals surface area contributed by atoms with E-state index in [-0.39, 0.29) is 18.9 Å². The van der Waals surface area contributed by atoms with Crippen molar-refractivity contribution in [3.8, 4) is 0 Å². The number of pyridine rings is 1. The molecule has 2 N–H and O–H groups in total. The van der Waals surface area contributed by atoms with Crippen molar-refractivity contribution in [2.75, 3.05) is 11.9 Å². The second-order valence-corrected chi connectivity index (χ2v) is 7.91. The number of benzene rings is 1. The summed E-state index contributed by atoms with van der Waals surface area (Å²) in [5.41, 5.74) is 2.87. The highest BCUT2D eigenvalue weighted by molar-refractivity contribution is 7.92. The van der Waals surface area contributed by atoms with Crippen LogP contribution in [0.5, 0.6) is 0 Å². The molecule has 3 rings (SSSR count). The first-order chi connectivity index (χ1) is 13.3. The number of carbonyl (C=O) groups is 1. The van der Waals surface area contributed by atoms with Crippen LogP contribution >= 0.6 is 0 Å². The van der Waals surface area contributed by atoms with E-state index in [9.17, 15) is 13.2 Å². The highest BCUT2D eigenvalue weighted by Gasteiger charge is 2.10. The van der Waals surface area contributed by atoms with E-state index in [1.54, 1.807) is 36.1 Å². The molecule has 9 heteroatoms. The number of amides is 1. The van der Waals surface area contributed by atoms with Crippen molar-refractivity contribution in [1.82, 2.24) is 19.5 Å². The quantitative estimate of drug-likeness (QED) is 0.633. The molecule has 0 saturated heterocycles. The Kier molecular flexibility index (Phi) is 5.86. The van der Waals surface area contributed by atoms with Crippen LogP contribution in [-0.2, 0) is 21.9 Å². The molecule has 0 radical (unpaired) electrons. The third kappa shape index (κ3) is 5.02. The molecule has 0 spiro atoms. The van der Waals surface area contributed by atoms with E-state index < -0.39 is 10.0 Å². The van der Waals surface area contributed by atoms with E-state index in [1.807, 2.05) is 25.1 Å². The molecule has 0 unspecified atom stereocenters. The van der Waals surface area contributed by atoms with Gasteiger partial charge < -0.3 is 5.32 Å². The third-order valence-electron chi connectivity index (χ3n) is 4.04. The summed E-state index contributed by atoms with van der Waals surface area (Å²) in [5, 5.41) is 8.95. The Morgan fingerprint density at radius 3 is 2.75 bits per heavy atom. The Labute approximate surface area is 163 Å². The molecule has 8 nitrogen and oxygen atoms in total. The van der Waals surface area contributed by atoms with E-state index >= 15 is 0 Å². The van der Waals surface area contributed by atoms with Crippen LogP contribution < -0.4 is 10.0 Å². The first-order valence-corrected chi connectivity index (χ1v) is 10.2. The van der Waals surface area contributed by atoms with Gasteiger partial charge in [-0.2, -0.15) is 5.10 Å². The van der Waals surface area contributed by atoms with Crippen molar-refractivity contribution < 1.29 is 13.2 Å². The minimum atomic E-state index is -3.61. The van der Waals surface area contributed by atoms with Crippen LogP contribution in [0, 0.1) is 6.92 Å². The fourth-order valence-electron chi connectivity index (χ4n) is 2.69. The molecule has 0 aliphatic carbocycles. The minimum absolute atomic E-state index is 0.00245. The predicted octanol–water partition coefficient (Wildman–Crippen LogP) is 2.20. The van der Waals surface area contributed by atoms with Gasteiger partial charge in [0, 0.05) is 30.8 Å². The minimum Gasteiger partial charge on any atom is -0.325 e. The van der Waals surface area contributed by atoms with Crippen LogP contribution in [-0.4, -0.2) is 35.6 Å². The fourth-order valence-corrected chi connectivity index (χ4v) is 3.51. The molecule has 2 heterocycles. The van der Waals surface area contributed by atoms with Gasteiger partial charge >= 0.3 is 0 Å². The Morgan fingerprint density at radius 2 is 2.00 bits per heavy atom. The van der Waals surface area contributed by atoms with Crippen LogP contribution in [0.4, 0.5) is 5.69 Å². The smallest absolute Gasteiger partial charge is 0.233 e. The number of nitrogens with one attached hydrogen (secondary N) is 2. The molecule has 1 amide bonds. The number of fused-ring (bicyclic) bond motifs is 1. The molecule has 0 bridgehead atoms. The maximum atomic E-state index is 12.1. The highest BCUT2D eigenvalue weighted by atomic mass is 32.2. The Hall–Kier alpha value is -3.04. The van der Waals surface area contributed by atoms with Gasteiger partial charge in [-0.25, -0.2) is 18.1 Å². The number of aromatic nitrogens is 3. The van der Waals surface area contributed by atoms with Crippen LogP contribution in [0.25, 0.3) is 17.1 Å².